The third-order valence-corrected chi connectivity index (χ3v) is 4.21. The van der Waals surface area contributed by atoms with Crippen molar-refractivity contribution >= 4 is 10.8 Å². The minimum atomic E-state index is -0.744. The van der Waals surface area contributed by atoms with Gasteiger partial charge in [-0.3, -0.25) is 4.21 Å². The van der Waals surface area contributed by atoms with E-state index in [2.05, 4.69) is 33.0 Å². The highest BCUT2D eigenvalue weighted by atomic mass is 32.2. The minimum Gasteiger partial charge on any atom is -0.385 e. The minimum absolute atomic E-state index is 0.159. The van der Waals surface area contributed by atoms with Gasteiger partial charge in [-0.15, -0.1) is 0 Å². The van der Waals surface area contributed by atoms with Gasteiger partial charge in [-0.1, -0.05) is 27.7 Å². The quantitative estimate of drug-likeness (QED) is 0.648. The fourth-order valence-corrected chi connectivity index (χ4v) is 3.16. The fraction of sp³-hybridized carbons (Fsp3) is 1.00. The molecule has 17 heavy (non-hydrogen) atoms. The zero-order chi connectivity index (χ0) is 13.3. The second kappa shape index (κ2) is 9.06. The second-order valence-electron chi connectivity index (χ2n) is 5.53. The molecular formula is C13H29NO2S. The topological polar surface area (TPSA) is 38.3 Å². The Kier molecular flexibility index (Phi) is 9.10. The molecule has 0 aromatic heterocycles. The van der Waals surface area contributed by atoms with Crippen LogP contribution in [0.1, 0.15) is 40.5 Å². The molecular weight excluding hydrogens is 234 g/mol. The van der Waals surface area contributed by atoms with Crippen LogP contribution in [0, 0.1) is 5.41 Å². The van der Waals surface area contributed by atoms with E-state index >= 15 is 0 Å². The molecule has 2 unspecified atom stereocenters. The zero-order valence-corrected chi connectivity index (χ0v) is 12.9. The molecule has 0 saturated heterocycles. The van der Waals surface area contributed by atoms with Crippen LogP contribution in [0.5, 0.6) is 0 Å². The molecule has 0 bridgehead atoms. The highest BCUT2D eigenvalue weighted by Gasteiger charge is 2.25. The van der Waals surface area contributed by atoms with Crippen molar-refractivity contribution in [3.05, 3.63) is 0 Å². The van der Waals surface area contributed by atoms with Crippen LogP contribution in [-0.4, -0.2) is 42.0 Å². The summed E-state index contributed by atoms with van der Waals surface area (Å²) in [5, 5.41) is 3.51. The smallest absolute Gasteiger partial charge is 0.0471 e. The first-order valence-corrected chi connectivity index (χ1v) is 7.98. The predicted octanol–water partition coefficient (Wildman–Crippen LogP) is 2.19. The van der Waals surface area contributed by atoms with Crippen LogP contribution >= 0.6 is 0 Å². The predicted molar refractivity (Wildman–Crippen MR) is 75.9 cm³/mol. The molecule has 0 aromatic carbocycles. The lowest BCUT2D eigenvalue weighted by Crippen LogP contribution is -2.44. The zero-order valence-electron chi connectivity index (χ0n) is 12.0. The van der Waals surface area contributed by atoms with Crippen molar-refractivity contribution in [3.63, 3.8) is 0 Å². The van der Waals surface area contributed by atoms with E-state index in [1.54, 1.807) is 7.11 Å². The van der Waals surface area contributed by atoms with Gasteiger partial charge in [-0.25, -0.2) is 0 Å². The van der Waals surface area contributed by atoms with E-state index in [9.17, 15) is 4.21 Å². The molecule has 0 aliphatic heterocycles. The van der Waals surface area contributed by atoms with Crippen molar-refractivity contribution in [1.29, 1.82) is 0 Å². The molecule has 0 fully saturated rings. The highest BCUT2D eigenvalue weighted by Crippen LogP contribution is 2.20. The van der Waals surface area contributed by atoms with Gasteiger partial charge in [0.2, 0.25) is 0 Å². The average Bonchev–Trinajstić information content (AvgIpc) is 2.23. The van der Waals surface area contributed by atoms with Crippen LogP contribution < -0.4 is 5.32 Å². The highest BCUT2D eigenvalue weighted by molar-refractivity contribution is 7.85. The van der Waals surface area contributed by atoms with Gasteiger partial charge in [0.15, 0.2) is 0 Å². The summed E-state index contributed by atoms with van der Waals surface area (Å²) in [5.41, 5.74) is 0.159. The molecule has 0 radical (unpaired) electrons. The molecule has 0 aliphatic carbocycles. The first-order chi connectivity index (χ1) is 7.91. The van der Waals surface area contributed by atoms with Crippen LogP contribution in [-0.2, 0) is 15.5 Å². The number of nitrogens with one attached hydrogen (secondary N) is 1. The summed E-state index contributed by atoms with van der Waals surface area (Å²) in [6, 6.07) is 0.325. The van der Waals surface area contributed by atoms with E-state index in [0.29, 0.717) is 12.6 Å². The van der Waals surface area contributed by atoms with Gasteiger partial charge in [0.1, 0.15) is 0 Å². The summed E-state index contributed by atoms with van der Waals surface area (Å²) < 4.78 is 16.9. The molecule has 0 amide bonds. The maximum absolute atomic E-state index is 12.0. The van der Waals surface area contributed by atoms with Crippen LogP contribution in [0.4, 0.5) is 0 Å². The molecule has 0 saturated carbocycles. The number of rotatable bonds is 9. The van der Waals surface area contributed by atoms with Crippen LogP contribution in [0.15, 0.2) is 0 Å². The summed E-state index contributed by atoms with van der Waals surface area (Å²) >= 11 is 0. The number of hydrogen-bond donors (Lipinski definition) is 1. The number of methoxy groups -OCH3 is 1. The Morgan fingerprint density at radius 1 is 1.35 bits per heavy atom. The largest absolute Gasteiger partial charge is 0.385 e. The van der Waals surface area contributed by atoms with E-state index in [-0.39, 0.29) is 5.41 Å². The molecule has 0 heterocycles. The molecule has 1 N–H and O–H groups in total. The Morgan fingerprint density at radius 2 is 2.00 bits per heavy atom. The van der Waals surface area contributed by atoms with E-state index in [1.807, 2.05) is 0 Å². The normalized spacial score (nSPS) is 15.8. The van der Waals surface area contributed by atoms with E-state index < -0.39 is 10.8 Å². The molecule has 0 aromatic rings. The Bertz CT molecular complexity index is 214. The van der Waals surface area contributed by atoms with Crippen molar-refractivity contribution in [3.8, 4) is 0 Å². The van der Waals surface area contributed by atoms with Crippen LogP contribution in [0.2, 0.25) is 0 Å². The standard InChI is InChI=1S/C13H29NO2S/c1-6-8-14-12(13(2,3)4)11-17(15)10-7-9-16-5/h12,14H,6-11H2,1-5H3. The Morgan fingerprint density at radius 3 is 2.47 bits per heavy atom. The van der Waals surface area contributed by atoms with Gasteiger partial charge < -0.3 is 10.1 Å². The van der Waals surface area contributed by atoms with E-state index in [1.165, 1.54) is 0 Å². The lowest BCUT2D eigenvalue weighted by Gasteiger charge is -2.31. The Labute approximate surface area is 109 Å². The van der Waals surface area contributed by atoms with Gasteiger partial charge >= 0.3 is 0 Å². The van der Waals surface area contributed by atoms with E-state index in [4.69, 9.17) is 4.74 Å². The Hall–Kier alpha value is 0.0700. The first-order valence-electron chi connectivity index (χ1n) is 6.49. The van der Waals surface area contributed by atoms with Crippen molar-refractivity contribution in [1.82, 2.24) is 5.32 Å². The molecule has 3 nitrogen and oxygen atoms in total. The summed E-state index contributed by atoms with van der Waals surface area (Å²) in [6.07, 6.45) is 2.00. The summed E-state index contributed by atoms with van der Waals surface area (Å²) in [5.74, 6) is 1.49. The van der Waals surface area contributed by atoms with Gasteiger partial charge in [0, 0.05) is 42.1 Å². The first kappa shape index (κ1) is 17.1. The second-order valence-corrected chi connectivity index (χ2v) is 7.15. The van der Waals surface area contributed by atoms with Crippen LogP contribution in [0.3, 0.4) is 0 Å². The van der Waals surface area contributed by atoms with Crippen molar-refractivity contribution in [2.75, 3.05) is 31.8 Å². The van der Waals surface area contributed by atoms with Gasteiger partial charge in [0.05, 0.1) is 0 Å². The average molecular weight is 263 g/mol. The summed E-state index contributed by atoms with van der Waals surface area (Å²) in [7, 11) is 0.940. The molecule has 4 heteroatoms. The fourth-order valence-electron chi connectivity index (χ4n) is 1.57. The molecule has 0 spiro atoms. The molecule has 0 rings (SSSR count). The number of hydrogen-bond acceptors (Lipinski definition) is 3. The third-order valence-electron chi connectivity index (χ3n) is 2.76. The maximum atomic E-state index is 12.0. The lowest BCUT2D eigenvalue weighted by atomic mass is 9.88. The molecule has 0 aliphatic rings. The van der Waals surface area contributed by atoms with Crippen molar-refractivity contribution in [2.24, 2.45) is 5.41 Å². The lowest BCUT2D eigenvalue weighted by molar-refractivity contribution is 0.200. The SMILES string of the molecule is CCCNC(CS(=O)CCCOC)C(C)(C)C. The van der Waals surface area contributed by atoms with Gasteiger partial charge in [-0.2, -0.15) is 0 Å². The molecule has 104 valence electrons. The van der Waals surface area contributed by atoms with Gasteiger partial charge in [-0.05, 0) is 24.8 Å². The van der Waals surface area contributed by atoms with E-state index in [0.717, 1.165) is 30.9 Å². The monoisotopic (exact) mass is 263 g/mol. The third kappa shape index (κ3) is 8.75. The Balaban J connectivity index is 4.09. The van der Waals surface area contributed by atoms with Crippen LogP contribution in [0.25, 0.3) is 0 Å². The molecule has 2 atom stereocenters. The summed E-state index contributed by atoms with van der Waals surface area (Å²) in [4.78, 5) is 0. The maximum Gasteiger partial charge on any atom is 0.0471 e. The van der Waals surface area contributed by atoms with Crippen molar-refractivity contribution in [2.45, 2.75) is 46.6 Å². The van der Waals surface area contributed by atoms with Crippen molar-refractivity contribution < 1.29 is 8.95 Å². The number of ether oxygens (including phenoxy) is 1. The van der Waals surface area contributed by atoms with Gasteiger partial charge in [0.25, 0.3) is 0 Å². The summed E-state index contributed by atoms with van der Waals surface area (Å²) in [6.45, 7) is 10.5.